The average Bonchev–Trinajstić information content (AvgIpc) is 3.38. The van der Waals surface area contributed by atoms with Gasteiger partial charge < -0.3 is 9.64 Å². The Morgan fingerprint density at radius 1 is 1.03 bits per heavy atom. The van der Waals surface area contributed by atoms with Gasteiger partial charge in [-0.3, -0.25) is 9.78 Å². The minimum absolute atomic E-state index is 0.188. The van der Waals surface area contributed by atoms with Crippen molar-refractivity contribution in [1.29, 1.82) is 0 Å². The van der Waals surface area contributed by atoms with Gasteiger partial charge in [0, 0.05) is 31.3 Å². The SMILES string of the molecule is C[C@H](c1ccc(-c2ccc3cccnc3c2)cc1)C1CCN(C(=O)[C@H]2CCCO2)CC1. The molecule has 3 heterocycles. The maximum atomic E-state index is 12.6. The molecule has 2 aromatic carbocycles. The second-order valence-electron chi connectivity index (χ2n) is 8.99. The Labute approximate surface area is 184 Å². The first-order chi connectivity index (χ1) is 15.2. The van der Waals surface area contributed by atoms with E-state index in [9.17, 15) is 4.79 Å². The van der Waals surface area contributed by atoms with Crippen LogP contribution in [0.15, 0.2) is 60.8 Å². The van der Waals surface area contributed by atoms with Crippen molar-refractivity contribution in [3.8, 4) is 11.1 Å². The predicted octanol–water partition coefficient (Wildman–Crippen LogP) is 5.42. The van der Waals surface area contributed by atoms with Crippen LogP contribution in [-0.2, 0) is 9.53 Å². The van der Waals surface area contributed by atoms with E-state index < -0.39 is 0 Å². The van der Waals surface area contributed by atoms with E-state index in [2.05, 4.69) is 60.4 Å². The molecule has 0 saturated carbocycles. The molecule has 2 atom stereocenters. The van der Waals surface area contributed by atoms with E-state index in [1.165, 1.54) is 22.1 Å². The minimum atomic E-state index is -0.188. The number of fused-ring (bicyclic) bond motifs is 1. The summed E-state index contributed by atoms with van der Waals surface area (Å²) in [4.78, 5) is 19.1. The van der Waals surface area contributed by atoms with Crippen molar-refractivity contribution in [3.63, 3.8) is 0 Å². The third-order valence-electron chi connectivity index (χ3n) is 7.14. The maximum Gasteiger partial charge on any atom is 0.251 e. The van der Waals surface area contributed by atoms with Gasteiger partial charge >= 0.3 is 0 Å². The third-order valence-corrected chi connectivity index (χ3v) is 7.14. The highest BCUT2D eigenvalue weighted by Crippen LogP contribution is 2.34. The van der Waals surface area contributed by atoms with Gasteiger partial charge in [0.15, 0.2) is 0 Å². The van der Waals surface area contributed by atoms with Crippen LogP contribution in [-0.4, -0.2) is 41.6 Å². The summed E-state index contributed by atoms with van der Waals surface area (Å²) in [6, 6.07) is 19.5. The summed E-state index contributed by atoms with van der Waals surface area (Å²) >= 11 is 0. The maximum absolute atomic E-state index is 12.6. The van der Waals surface area contributed by atoms with Crippen molar-refractivity contribution in [2.45, 2.75) is 44.6 Å². The quantitative estimate of drug-likeness (QED) is 0.572. The Morgan fingerprint density at radius 2 is 1.81 bits per heavy atom. The fraction of sp³-hybridized carbons (Fsp3) is 0.407. The van der Waals surface area contributed by atoms with E-state index in [0.717, 1.165) is 50.9 Å². The Kier molecular flexibility index (Phi) is 5.73. The summed E-state index contributed by atoms with van der Waals surface area (Å²) in [5.74, 6) is 1.31. The number of benzene rings is 2. The molecule has 0 spiro atoms. The van der Waals surface area contributed by atoms with E-state index in [4.69, 9.17) is 4.74 Å². The van der Waals surface area contributed by atoms with Crippen molar-refractivity contribution in [2.24, 2.45) is 5.92 Å². The van der Waals surface area contributed by atoms with Crippen molar-refractivity contribution in [3.05, 3.63) is 66.4 Å². The summed E-state index contributed by atoms with van der Waals surface area (Å²) in [6.07, 6.45) is 5.68. The Bertz CT molecular complexity index is 1050. The van der Waals surface area contributed by atoms with Gasteiger partial charge in [0.2, 0.25) is 0 Å². The molecular weight excluding hydrogens is 384 g/mol. The van der Waals surface area contributed by atoms with Crippen LogP contribution in [0.1, 0.15) is 44.1 Å². The Morgan fingerprint density at radius 3 is 2.55 bits per heavy atom. The van der Waals surface area contributed by atoms with Gasteiger partial charge in [-0.1, -0.05) is 49.4 Å². The zero-order valence-corrected chi connectivity index (χ0v) is 18.2. The van der Waals surface area contributed by atoms with E-state index >= 15 is 0 Å². The Hall–Kier alpha value is -2.72. The molecule has 2 aliphatic rings. The lowest BCUT2D eigenvalue weighted by Crippen LogP contribution is -2.44. The first-order valence-electron chi connectivity index (χ1n) is 11.5. The van der Waals surface area contributed by atoms with Gasteiger partial charge in [-0.2, -0.15) is 0 Å². The molecule has 1 amide bonds. The smallest absolute Gasteiger partial charge is 0.251 e. The van der Waals surface area contributed by atoms with Crippen LogP contribution in [0.5, 0.6) is 0 Å². The van der Waals surface area contributed by atoms with E-state index in [1.54, 1.807) is 0 Å². The number of nitrogens with zero attached hydrogens (tertiary/aromatic N) is 2. The first kappa shape index (κ1) is 20.2. The highest BCUT2D eigenvalue weighted by atomic mass is 16.5. The summed E-state index contributed by atoms with van der Waals surface area (Å²) in [7, 11) is 0. The van der Waals surface area contributed by atoms with Crippen LogP contribution >= 0.6 is 0 Å². The van der Waals surface area contributed by atoms with Crippen LogP contribution in [0.4, 0.5) is 0 Å². The number of ether oxygens (including phenoxy) is 1. The molecule has 5 rings (SSSR count). The molecule has 4 nitrogen and oxygen atoms in total. The highest BCUT2D eigenvalue weighted by molar-refractivity contribution is 5.84. The van der Waals surface area contributed by atoms with Crippen LogP contribution in [0.2, 0.25) is 0 Å². The van der Waals surface area contributed by atoms with Crippen molar-refractivity contribution < 1.29 is 9.53 Å². The standard InChI is InChI=1S/C27H30N2O2/c1-19(21-12-15-29(16-13-21)27(30)26-5-3-17-31-26)20-6-8-22(9-7-20)24-11-10-23-4-2-14-28-25(23)18-24/h2,4,6-11,14,18-19,21,26H,3,5,12-13,15-17H2,1H3/t19-,26-/m1/s1. The molecule has 1 aromatic heterocycles. The second kappa shape index (κ2) is 8.80. The molecule has 4 heteroatoms. The van der Waals surface area contributed by atoms with Crippen molar-refractivity contribution in [2.75, 3.05) is 19.7 Å². The van der Waals surface area contributed by atoms with Gasteiger partial charge in [0.1, 0.15) is 6.10 Å². The number of pyridine rings is 1. The monoisotopic (exact) mass is 414 g/mol. The molecule has 0 bridgehead atoms. The van der Waals surface area contributed by atoms with E-state index in [1.807, 2.05) is 17.2 Å². The normalized spacial score (nSPS) is 20.8. The second-order valence-corrected chi connectivity index (χ2v) is 8.99. The number of hydrogen-bond acceptors (Lipinski definition) is 3. The van der Waals surface area contributed by atoms with Crippen LogP contribution in [0, 0.1) is 5.92 Å². The lowest BCUT2D eigenvalue weighted by molar-refractivity contribution is -0.142. The average molecular weight is 415 g/mol. The van der Waals surface area contributed by atoms with E-state index in [-0.39, 0.29) is 12.0 Å². The van der Waals surface area contributed by atoms with Gasteiger partial charge in [-0.25, -0.2) is 0 Å². The molecule has 0 unspecified atom stereocenters. The lowest BCUT2D eigenvalue weighted by atomic mass is 9.81. The largest absolute Gasteiger partial charge is 0.368 e. The molecule has 0 aliphatic carbocycles. The fourth-order valence-electron chi connectivity index (χ4n) is 5.09. The third kappa shape index (κ3) is 4.22. The molecule has 3 aromatic rings. The zero-order chi connectivity index (χ0) is 21.2. The lowest BCUT2D eigenvalue weighted by Gasteiger charge is -2.36. The number of rotatable bonds is 4. The summed E-state index contributed by atoms with van der Waals surface area (Å²) in [6.45, 7) is 4.78. The molecule has 0 radical (unpaired) electrons. The number of aromatic nitrogens is 1. The number of piperidine rings is 1. The minimum Gasteiger partial charge on any atom is -0.368 e. The van der Waals surface area contributed by atoms with Crippen LogP contribution < -0.4 is 0 Å². The van der Waals surface area contributed by atoms with Gasteiger partial charge in [-0.15, -0.1) is 0 Å². The zero-order valence-electron chi connectivity index (χ0n) is 18.2. The summed E-state index contributed by atoms with van der Waals surface area (Å²) in [5.41, 5.74) is 4.83. The summed E-state index contributed by atoms with van der Waals surface area (Å²) < 4.78 is 5.59. The van der Waals surface area contributed by atoms with Crippen LogP contribution in [0.3, 0.4) is 0 Å². The van der Waals surface area contributed by atoms with Crippen molar-refractivity contribution in [1.82, 2.24) is 9.88 Å². The van der Waals surface area contributed by atoms with Gasteiger partial charge in [0.25, 0.3) is 5.91 Å². The molecular formula is C27H30N2O2. The number of hydrogen-bond donors (Lipinski definition) is 0. The molecule has 2 aliphatic heterocycles. The fourth-order valence-corrected chi connectivity index (χ4v) is 5.09. The van der Waals surface area contributed by atoms with E-state index in [0.29, 0.717) is 11.8 Å². The summed E-state index contributed by atoms with van der Waals surface area (Å²) in [5, 5.41) is 1.17. The first-order valence-corrected chi connectivity index (χ1v) is 11.5. The van der Waals surface area contributed by atoms with Gasteiger partial charge in [0.05, 0.1) is 5.52 Å². The highest BCUT2D eigenvalue weighted by Gasteiger charge is 2.32. The molecule has 160 valence electrons. The Balaban J connectivity index is 1.23. The molecule has 2 fully saturated rings. The molecule has 2 saturated heterocycles. The number of carbonyl (C=O) groups is 1. The number of likely N-dealkylation sites (tertiary alicyclic amines) is 1. The van der Waals surface area contributed by atoms with Crippen LogP contribution in [0.25, 0.3) is 22.0 Å². The van der Waals surface area contributed by atoms with Gasteiger partial charge in [-0.05, 0) is 66.3 Å². The predicted molar refractivity (Wildman–Crippen MR) is 124 cm³/mol. The number of amides is 1. The molecule has 0 N–H and O–H groups in total. The topological polar surface area (TPSA) is 42.4 Å². The molecule has 31 heavy (non-hydrogen) atoms. The van der Waals surface area contributed by atoms with Crippen molar-refractivity contribution >= 4 is 16.8 Å². The number of carbonyl (C=O) groups excluding carboxylic acids is 1.